The molecule has 0 radical (unpaired) electrons. The quantitative estimate of drug-likeness (QED) is 0.919. The summed E-state index contributed by atoms with van der Waals surface area (Å²) in [6.45, 7) is 6.11. The van der Waals surface area contributed by atoms with Gasteiger partial charge in [-0.1, -0.05) is 0 Å². The van der Waals surface area contributed by atoms with Gasteiger partial charge in [0.25, 0.3) is 0 Å². The van der Waals surface area contributed by atoms with Crippen LogP contribution in [0.3, 0.4) is 0 Å². The molecule has 22 heavy (non-hydrogen) atoms. The Hall–Kier alpha value is -1.97. The number of pyridine rings is 1. The van der Waals surface area contributed by atoms with Gasteiger partial charge in [0.15, 0.2) is 0 Å². The summed E-state index contributed by atoms with van der Waals surface area (Å²) in [4.78, 5) is 12.4. The smallest absolute Gasteiger partial charge is 0.143 e. The number of likely N-dealkylation sites (tertiary alicyclic amines) is 1. The zero-order valence-corrected chi connectivity index (χ0v) is 13.4. The number of hydrogen-bond acceptors (Lipinski definition) is 6. The van der Waals surface area contributed by atoms with Crippen molar-refractivity contribution in [2.75, 3.05) is 25.0 Å². The molecule has 1 fully saturated rings. The van der Waals surface area contributed by atoms with E-state index in [-0.39, 0.29) is 0 Å². The van der Waals surface area contributed by atoms with Crippen LogP contribution in [0.2, 0.25) is 0 Å². The number of thiazole rings is 1. The van der Waals surface area contributed by atoms with Crippen LogP contribution in [0.4, 0.5) is 5.82 Å². The van der Waals surface area contributed by atoms with Crippen LogP contribution in [0.15, 0.2) is 24.5 Å². The predicted molar refractivity (Wildman–Crippen MR) is 87.7 cm³/mol. The molecule has 0 bridgehead atoms. The highest BCUT2D eigenvalue weighted by molar-refractivity contribution is 7.11. The van der Waals surface area contributed by atoms with E-state index in [1.807, 2.05) is 13.1 Å². The maximum atomic E-state index is 9.08. The molecular weight excluding hydrogens is 294 g/mol. The molecule has 5 nitrogen and oxygen atoms in total. The van der Waals surface area contributed by atoms with Crippen molar-refractivity contribution >= 4 is 17.2 Å². The van der Waals surface area contributed by atoms with Gasteiger partial charge in [-0.25, -0.2) is 9.97 Å². The Balaban J connectivity index is 1.50. The minimum Gasteiger partial charge on any atom is -0.369 e. The third kappa shape index (κ3) is 3.62. The van der Waals surface area contributed by atoms with Crippen LogP contribution in [0, 0.1) is 24.2 Å². The summed E-state index contributed by atoms with van der Waals surface area (Å²) in [6.07, 6.45) is 4.88. The molecule has 0 spiro atoms. The molecule has 0 saturated carbocycles. The maximum absolute atomic E-state index is 9.08. The van der Waals surface area contributed by atoms with Crippen LogP contribution < -0.4 is 5.32 Å². The Labute approximate surface area is 134 Å². The molecule has 0 amide bonds. The van der Waals surface area contributed by atoms with Crippen molar-refractivity contribution in [3.05, 3.63) is 40.0 Å². The first kappa shape index (κ1) is 14.9. The monoisotopic (exact) mass is 313 g/mol. The van der Waals surface area contributed by atoms with E-state index in [1.54, 1.807) is 29.7 Å². The van der Waals surface area contributed by atoms with Crippen molar-refractivity contribution < 1.29 is 0 Å². The van der Waals surface area contributed by atoms with E-state index in [1.165, 1.54) is 11.3 Å². The number of nitrogens with one attached hydrogen (secondary N) is 1. The highest BCUT2D eigenvalue weighted by Crippen LogP contribution is 2.22. The number of rotatable bonds is 5. The number of nitriles is 1. The molecule has 114 valence electrons. The third-order valence-corrected chi connectivity index (χ3v) is 4.80. The number of aromatic nitrogens is 2. The number of nitrogens with zero attached hydrogens (tertiary/aromatic N) is 4. The Morgan fingerprint density at radius 3 is 3.18 bits per heavy atom. The largest absolute Gasteiger partial charge is 0.369 e. The Morgan fingerprint density at radius 1 is 1.50 bits per heavy atom. The van der Waals surface area contributed by atoms with Gasteiger partial charge in [-0.15, -0.1) is 11.3 Å². The van der Waals surface area contributed by atoms with E-state index < -0.39 is 0 Å². The first-order valence-electron chi connectivity index (χ1n) is 7.47. The second kappa shape index (κ2) is 6.86. The summed E-state index contributed by atoms with van der Waals surface area (Å²) in [5.41, 5.74) is 0.609. The van der Waals surface area contributed by atoms with Crippen molar-refractivity contribution in [1.29, 1.82) is 5.26 Å². The summed E-state index contributed by atoms with van der Waals surface area (Å²) in [5, 5.41) is 13.5. The van der Waals surface area contributed by atoms with Gasteiger partial charge in [0, 0.05) is 36.9 Å². The second-order valence-corrected chi connectivity index (χ2v) is 6.95. The minimum atomic E-state index is 0.600. The lowest BCUT2D eigenvalue weighted by atomic mass is 10.1. The molecule has 3 rings (SSSR count). The molecule has 6 heteroatoms. The van der Waals surface area contributed by atoms with Crippen molar-refractivity contribution in [1.82, 2.24) is 14.9 Å². The molecule has 1 aliphatic heterocycles. The molecule has 1 N–H and O–H groups in total. The van der Waals surface area contributed by atoms with Crippen molar-refractivity contribution in [2.45, 2.75) is 19.9 Å². The Bertz CT molecular complexity index is 675. The van der Waals surface area contributed by atoms with Gasteiger partial charge in [0.1, 0.15) is 11.9 Å². The van der Waals surface area contributed by atoms with Gasteiger partial charge in [-0.2, -0.15) is 5.26 Å². The molecule has 0 aliphatic carbocycles. The van der Waals surface area contributed by atoms with Gasteiger partial charge in [-0.3, -0.25) is 4.90 Å². The van der Waals surface area contributed by atoms with Crippen LogP contribution in [0.1, 0.15) is 21.9 Å². The third-order valence-electron chi connectivity index (χ3n) is 3.90. The number of hydrogen-bond donors (Lipinski definition) is 1. The standard InChI is InChI=1S/C16H19N5S/c1-12-19-9-15(22-12)11-21-6-4-13(10-21)8-20-16-14(7-17)3-2-5-18-16/h2-3,5,9,13H,4,6,8,10-11H2,1H3,(H,18,20)/t13-/m1/s1. The zero-order valence-electron chi connectivity index (χ0n) is 12.6. The van der Waals surface area contributed by atoms with Crippen LogP contribution in [-0.4, -0.2) is 34.5 Å². The van der Waals surface area contributed by atoms with Gasteiger partial charge < -0.3 is 5.32 Å². The summed E-state index contributed by atoms with van der Waals surface area (Å²) in [5.74, 6) is 1.30. The molecule has 1 aliphatic rings. The number of aryl methyl sites for hydroxylation is 1. The fourth-order valence-electron chi connectivity index (χ4n) is 2.80. The zero-order chi connectivity index (χ0) is 15.4. The fourth-order valence-corrected chi connectivity index (χ4v) is 3.64. The van der Waals surface area contributed by atoms with Crippen molar-refractivity contribution in [3.8, 4) is 6.07 Å². The highest BCUT2D eigenvalue weighted by Gasteiger charge is 2.23. The van der Waals surface area contributed by atoms with E-state index in [9.17, 15) is 0 Å². The Morgan fingerprint density at radius 2 is 2.41 bits per heavy atom. The van der Waals surface area contributed by atoms with Gasteiger partial charge in [0.05, 0.1) is 10.6 Å². The molecule has 2 aromatic heterocycles. The summed E-state index contributed by atoms with van der Waals surface area (Å²) >= 11 is 1.78. The van der Waals surface area contributed by atoms with E-state index in [0.29, 0.717) is 17.3 Å². The average Bonchev–Trinajstić information content (AvgIpc) is 3.15. The van der Waals surface area contributed by atoms with Crippen LogP contribution >= 0.6 is 11.3 Å². The summed E-state index contributed by atoms with van der Waals surface area (Å²) in [6, 6.07) is 5.76. The lowest BCUT2D eigenvalue weighted by Gasteiger charge is -2.15. The first-order valence-corrected chi connectivity index (χ1v) is 8.29. The summed E-state index contributed by atoms with van der Waals surface area (Å²) < 4.78 is 0. The van der Waals surface area contributed by atoms with Crippen molar-refractivity contribution in [3.63, 3.8) is 0 Å². The van der Waals surface area contributed by atoms with Crippen molar-refractivity contribution in [2.24, 2.45) is 5.92 Å². The average molecular weight is 313 g/mol. The van der Waals surface area contributed by atoms with Gasteiger partial charge in [0.2, 0.25) is 0 Å². The normalized spacial score (nSPS) is 18.3. The number of anilines is 1. The van der Waals surface area contributed by atoms with Crippen LogP contribution in [-0.2, 0) is 6.54 Å². The molecule has 1 saturated heterocycles. The molecule has 2 aromatic rings. The summed E-state index contributed by atoms with van der Waals surface area (Å²) in [7, 11) is 0. The minimum absolute atomic E-state index is 0.600. The van der Waals surface area contributed by atoms with Crippen LogP contribution in [0.5, 0.6) is 0 Å². The molecule has 0 aromatic carbocycles. The Kier molecular flexibility index (Phi) is 4.66. The molecule has 0 unspecified atom stereocenters. The van der Waals surface area contributed by atoms with Gasteiger partial charge in [-0.05, 0) is 37.9 Å². The van der Waals surface area contributed by atoms with E-state index in [0.717, 1.165) is 31.2 Å². The second-order valence-electron chi connectivity index (χ2n) is 5.63. The van der Waals surface area contributed by atoms with E-state index >= 15 is 0 Å². The fraction of sp³-hybridized carbons (Fsp3) is 0.438. The molecule has 3 heterocycles. The molecular formula is C16H19N5S. The molecule has 1 atom stereocenters. The highest BCUT2D eigenvalue weighted by atomic mass is 32.1. The first-order chi connectivity index (χ1) is 10.7. The topological polar surface area (TPSA) is 64.8 Å². The predicted octanol–water partition coefficient (Wildman–Crippen LogP) is 2.65. The van der Waals surface area contributed by atoms with E-state index in [4.69, 9.17) is 5.26 Å². The van der Waals surface area contributed by atoms with Gasteiger partial charge >= 0.3 is 0 Å². The maximum Gasteiger partial charge on any atom is 0.143 e. The lowest BCUT2D eigenvalue weighted by molar-refractivity contribution is 0.321. The van der Waals surface area contributed by atoms with E-state index in [2.05, 4.69) is 26.3 Å². The lowest BCUT2D eigenvalue weighted by Crippen LogP contribution is -2.22. The SMILES string of the molecule is Cc1ncc(CN2CC[C@H](CNc3ncccc3C#N)C2)s1. The van der Waals surface area contributed by atoms with Crippen LogP contribution in [0.25, 0.3) is 0 Å².